The van der Waals surface area contributed by atoms with Crippen LogP contribution in [0, 0.1) is 0 Å². The first-order valence-corrected chi connectivity index (χ1v) is 4.76. The fourth-order valence-corrected chi connectivity index (χ4v) is 1.75. The van der Waals surface area contributed by atoms with Crippen molar-refractivity contribution in [3.8, 4) is 0 Å². The van der Waals surface area contributed by atoms with Gasteiger partial charge in [0.05, 0.1) is 6.10 Å². The molecule has 0 saturated heterocycles. The molecule has 0 aromatic heterocycles. The third kappa shape index (κ3) is 1.74. The summed E-state index contributed by atoms with van der Waals surface area (Å²) in [4.78, 5) is 0. The maximum atomic E-state index is 9.11. The van der Waals surface area contributed by atoms with Crippen molar-refractivity contribution < 1.29 is 5.11 Å². The lowest BCUT2D eigenvalue weighted by Crippen LogP contribution is -2.35. The van der Waals surface area contributed by atoms with Gasteiger partial charge in [-0.2, -0.15) is 0 Å². The SMILES string of the molecule is CC(O)CNC1Cc2ccccc21. The molecule has 2 N–H and O–H groups in total. The van der Waals surface area contributed by atoms with Crippen molar-refractivity contribution in [2.75, 3.05) is 6.54 Å². The predicted molar refractivity (Wildman–Crippen MR) is 52.6 cm³/mol. The Hall–Kier alpha value is -0.860. The highest BCUT2D eigenvalue weighted by Gasteiger charge is 2.24. The van der Waals surface area contributed by atoms with Gasteiger partial charge in [0.2, 0.25) is 0 Å². The zero-order valence-electron chi connectivity index (χ0n) is 7.83. The minimum Gasteiger partial charge on any atom is -0.392 e. The molecular formula is C11H15NO. The average Bonchev–Trinajstić information content (AvgIpc) is 2.06. The molecule has 0 saturated carbocycles. The Morgan fingerprint density at radius 2 is 2.31 bits per heavy atom. The van der Waals surface area contributed by atoms with E-state index < -0.39 is 0 Å². The van der Waals surface area contributed by atoms with E-state index in [0.29, 0.717) is 12.6 Å². The molecule has 2 nitrogen and oxygen atoms in total. The molecule has 1 aliphatic rings. The smallest absolute Gasteiger partial charge is 0.0636 e. The molecule has 2 rings (SSSR count). The van der Waals surface area contributed by atoms with Gasteiger partial charge in [-0.05, 0) is 24.5 Å². The highest BCUT2D eigenvalue weighted by Crippen LogP contribution is 2.32. The van der Waals surface area contributed by atoms with Crippen molar-refractivity contribution >= 4 is 0 Å². The van der Waals surface area contributed by atoms with Gasteiger partial charge in [0.1, 0.15) is 0 Å². The number of rotatable bonds is 3. The second-order valence-corrected chi connectivity index (χ2v) is 3.71. The minimum atomic E-state index is -0.257. The normalized spacial score (nSPS) is 21.8. The van der Waals surface area contributed by atoms with Gasteiger partial charge in [0.15, 0.2) is 0 Å². The van der Waals surface area contributed by atoms with Crippen LogP contribution in [0.25, 0.3) is 0 Å². The molecular weight excluding hydrogens is 162 g/mol. The monoisotopic (exact) mass is 177 g/mol. The van der Waals surface area contributed by atoms with Crippen molar-refractivity contribution in [1.29, 1.82) is 0 Å². The van der Waals surface area contributed by atoms with E-state index in [0.717, 1.165) is 6.42 Å². The Morgan fingerprint density at radius 3 is 3.00 bits per heavy atom. The zero-order chi connectivity index (χ0) is 9.26. The van der Waals surface area contributed by atoms with Gasteiger partial charge in [0.25, 0.3) is 0 Å². The van der Waals surface area contributed by atoms with Crippen LogP contribution in [0.3, 0.4) is 0 Å². The molecule has 0 spiro atoms. The number of nitrogens with one attached hydrogen (secondary N) is 1. The van der Waals surface area contributed by atoms with Crippen LogP contribution in [-0.4, -0.2) is 17.8 Å². The van der Waals surface area contributed by atoms with E-state index in [1.165, 1.54) is 11.1 Å². The summed E-state index contributed by atoms with van der Waals surface area (Å²) < 4.78 is 0. The Bertz CT molecular complexity index is 296. The Morgan fingerprint density at radius 1 is 1.54 bits per heavy atom. The molecule has 0 radical (unpaired) electrons. The first-order chi connectivity index (χ1) is 6.27. The van der Waals surface area contributed by atoms with E-state index >= 15 is 0 Å². The highest BCUT2D eigenvalue weighted by molar-refractivity contribution is 5.39. The maximum Gasteiger partial charge on any atom is 0.0636 e. The Balaban J connectivity index is 1.94. The topological polar surface area (TPSA) is 32.3 Å². The quantitative estimate of drug-likeness (QED) is 0.728. The molecule has 0 aliphatic heterocycles. The summed E-state index contributed by atoms with van der Waals surface area (Å²) in [6.07, 6.45) is 0.843. The van der Waals surface area contributed by atoms with Gasteiger partial charge in [0, 0.05) is 12.6 Å². The molecule has 0 fully saturated rings. The summed E-state index contributed by atoms with van der Waals surface area (Å²) in [7, 11) is 0. The van der Waals surface area contributed by atoms with Crippen LogP contribution in [0.15, 0.2) is 24.3 Å². The predicted octanol–water partition coefficient (Wildman–Crippen LogP) is 1.25. The molecule has 13 heavy (non-hydrogen) atoms. The summed E-state index contributed by atoms with van der Waals surface area (Å²) in [6.45, 7) is 2.48. The first kappa shape index (κ1) is 8.73. The summed E-state index contributed by atoms with van der Waals surface area (Å²) >= 11 is 0. The standard InChI is InChI=1S/C11H15NO/c1-8(13)7-12-11-6-9-4-2-3-5-10(9)11/h2-5,8,11-13H,6-7H2,1H3. The van der Waals surface area contributed by atoms with E-state index in [1.807, 2.05) is 0 Å². The van der Waals surface area contributed by atoms with Crippen LogP contribution < -0.4 is 5.32 Å². The second-order valence-electron chi connectivity index (χ2n) is 3.71. The molecule has 1 aliphatic carbocycles. The molecule has 0 amide bonds. The number of hydrogen-bond donors (Lipinski definition) is 2. The van der Waals surface area contributed by atoms with Crippen molar-refractivity contribution in [1.82, 2.24) is 5.32 Å². The molecule has 0 heterocycles. The molecule has 2 atom stereocenters. The highest BCUT2D eigenvalue weighted by atomic mass is 16.3. The number of aliphatic hydroxyl groups is 1. The van der Waals surface area contributed by atoms with Gasteiger partial charge >= 0.3 is 0 Å². The van der Waals surface area contributed by atoms with Gasteiger partial charge in [-0.1, -0.05) is 24.3 Å². The minimum absolute atomic E-state index is 0.257. The third-order valence-corrected chi connectivity index (χ3v) is 2.51. The number of fused-ring (bicyclic) bond motifs is 1. The fourth-order valence-electron chi connectivity index (χ4n) is 1.75. The molecule has 1 aromatic rings. The van der Waals surface area contributed by atoms with Gasteiger partial charge in [-0.25, -0.2) is 0 Å². The van der Waals surface area contributed by atoms with Gasteiger partial charge < -0.3 is 10.4 Å². The lowest BCUT2D eigenvalue weighted by molar-refractivity contribution is 0.184. The summed E-state index contributed by atoms with van der Waals surface area (Å²) in [5.41, 5.74) is 2.83. The summed E-state index contributed by atoms with van der Waals surface area (Å²) in [5, 5.41) is 12.4. The molecule has 2 heteroatoms. The zero-order valence-corrected chi connectivity index (χ0v) is 7.83. The van der Waals surface area contributed by atoms with E-state index in [4.69, 9.17) is 5.11 Å². The van der Waals surface area contributed by atoms with E-state index in [9.17, 15) is 0 Å². The molecule has 2 unspecified atom stereocenters. The van der Waals surface area contributed by atoms with Crippen LogP contribution in [0.2, 0.25) is 0 Å². The summed E-state index contributed by atoms with van der Waals surface area (Å²) in [5.74, 6) is 0. The fraction of sp³-hybridized carbons (Fsp3) is 0.455. The molecule has 0 bridgehead atoms. The van der Waals surface area contributed by atoms with Crippen LogP contribution in [0.4, 0.5) is 0 Å². The first-order valence-electron chi connectivity index (χ1n) is 4.76. The van der Waals surface area contributed by atoms with Crippen molar-refractivity contribution in [3.05, 3.63) is 35.4 Å². The lowest BCUT2D eigenvalue weighted by atomic mass is 9.83. The van der Waals surface area contributed by atoms with Crippen molar-refractivity contribution in [3.63, 3.8) is 0 Å². The number of benzene rings is 1. The van der Waals surface area contributed by atoms with Crippen molar-refractivity contribution in [2.45, 2.75) is 25.5 Å². The second kappa shape index (κ2) is 3.48. The van der Waals surface area contributed by atoms with Crippen LogP contribution in [-0.2, 0) is 6.42 Å². The van der Waals surface area contributed by atoms with Gasteiger partial charge in [-0.3, -0.25) is 0 Å². The number of hydrogen-bond acceptors (Lipinski definition) is 2. The van der Waals surface area contributed by atoms with Crippen LogP contribution in [0.1, 0.15) is 24.1 Å². The maximum absolute atomic E-state index is 9.11. The third-order valence-electron chi connectivity index (χ3n) is 2.51. The Labute approximate surface area is 78.6 Å². The van der Waals surface area contributed by atoms with Crippen LogP contribution >= 0.6 is 0 Å². The number of aliphatic hydroxyl groups excluding tert-OH is 1. The Kier molecular flexibility index (Phi) is 2.34. The largest absolute Gasteiger partial charge is 0.392 e. The lowest BCUT2D eigenvalue weighted by Gasteiger charge is -2.31. The molecule has 70 valence electrons. The van der Waals surface area contributed by atoms with Crippen molar-refractivity contribution in [2.24, 2.45) is 0 Å². The van der Waals surface area contributed by atoms with E-state index in [-0.39, 0.29) is 6.10 Å². The van der Waals surface area contributed by atoms with E-state index in [1.54, 1.807) is 6.92 Å². The van der Waals surface area contributed by atoms with E-state index in [2.05, 4.69) is 29.6 Å². The molecule has 1 aromatic carbocycles. The van der Waals surface area contributed by atoms with Gasteiger partial charge in [-0.15, -0.1) is 0 Å². The average molecular weight is 177 g/mol. The van der Waals surface area contributed by atoms with Crippen LogP contribution in [0.5, 0.6) is 0 Å². The summed E-state index contributed by atoms with van der Waals surface area (Å²) in [6, 6.07) is 8.92.